The van der Waals surface area contributed by atoms with Gasteiger partial charge in [-0.2, -0.15) is 0 Å². The van der Waals surface area contributed by atoms with Crippen LogP contribution in [0.3, 0.4) is 0 Å². The molecule has 1 aliphatic rings. The van der Waals surface area contributed by atoms with E-state index in [1.165, 1.54) is 0 Å². The van der Waals surface area contributed by atoms with Crippen LogP contribution in [0.25, 0.3) is 0 Å². The molecule has 1 aromatic heterocycles. The Kier molecular flexibility index (Phi) is 9.96. The fourth-order valence-electron chi connectivity index (χ4n) is 3.54. The normalized spacial score (nSPS) is 22.9. The number of hydrogen-bond donors (Lipinski definition) is 2. The summed E-state index contributed by atoms with van der Waals surface area (Å²) in [5.74, 6) is -5.16. The summed E-state index contributed by atoms with van der Waals surface area (Å²) in [5.41, 5.74) is -2.43. The highest BCUT2D eigenvalue weighted by Crippen LogP contribution is 2.30. The number of H-pyrrole nitrogens is 1. The molecule has 1 aromatic rings. The van der Waals surface area contributed by atoms with Crippen molar-refractivity contribution in [1.29, 1.82) is 0 Å². The van der Waals surface area contributed by atoms with Gasteiger partial charge in [-0.05, 0) is 0 Å². The molecule has 5 atom stereocenters. The van der Waals surface area contributed by atoms with Crippen LogP contribution < -0.4 is 16.6 Å². The van der Waals surface area contributed by atoms with E-state index in [1.807, 2.05) is 0 Å². The van der Waals surface area contributed by atoms with E-state index < -0.39 is 95.4 Å². The van der Waals surface area contributed by atoms with E-state index in [-0.39, 0.29) is 0 Å². The first kappa shape index (κ1) is 29.5. The Morgan fingerprint density at radius 3 is 1.97 bits per heavy atom. The van der Waals surface area contributed by atoms with Gasteiger partial charge in [-0.15, -0.1) is 11.6 Å². The molecule has 0 unspecified atom stereocenters. The van der Waals surface area contributed by atoms with Gasteiger partial charge in [0.05, 0.1) is 5.88 Å². The molecule has 1 fully saturated rings. The Hall–Kier alpha value is -3.72. The van der Waals surface area contributed by atoms with Crippen molar-refractivity contribution in [2.24, 2.45) is 7.05 Å². The summed E-state index contributed by atoms with van der Waals surface area (Å²) in [5, 5.41) is 2.60. The van der Waals surface area contributed by atoms with Crippen molar-refractivity contribution in [3.8, 4) is 0 Å². The number of alkyl halides is 1. The third-order valence-corrected chi connectivity index (χ3v) is 5.23. The molecule has 1 saturated heterocycles. The number of nitrogens with one attached hydrogen (secondary N) is 2. The van der Waals surface area contributed by atoms with Gasteiger partial charge in [-0.1, -0.05) is 0 Å². The van der Waals surface area contributed by atoms with Crippen molar-refractivity contribution < 1.29 is 47.7 Å². The van der Waals surface area contributed by atoms with Crippen LogP contribution in [0.5, 0.6) is 0 Å². The van der Waals surface area contributed by atoms with Crippen molar-refractivity contribution in [3.05, 3.63) is 26.4 Å². The minimum absolute atomic E-state index is 0.431. The number of ether oxygens (including phenoxy) is 5. The standard InChI is InChI=1S/C21H26ClN3O12/c1-8(26)33-7-13-15(34-9(2)27)16(35-10(3)28)17(36-11(4)29)19(37-13)23-18-14(12(30)6-22)20(31)25(5)21(32)24-18/h13,15-17,19,23H,6-7H2,1-5H3,(H,24,32)/t13-,15+,16-,17-,19+/m0/s1. The third-order valence-electron chi connectivity index (χ3n) is 4.98. The minimum Gasteiger partial charge on any atom is -0.463 e. The minimum atomic E-state index is -1.55. The summed E-state index contributed by atoms with van der Waals surface area (Å²) < 4.78 is 27.3. The van der Waals surface area contributed by atoms with Crippen LogP contribution in [0, 0.1) is 0 Å². The summed E-state index contributed by atoms with van der Waals surface area (Å²) >= 11 is 5.63. The van der Waals surface area contributed by atoms with Crippen LogP contribution in [-0.4, -0.2) is 82.3 Å². The number of ketones is 1. The van der Waals surface area contributed by atoms with Crippen LogP contribution in [0.1, 0.15) is 38.1 Å². The van der Waals surface area contributed by atoms with Crippen molar-refractivity contribution in [2.75, 3.05) is 17.8 Å². The lowest BCUT2D eigenvalue weighted by atomic mass is 9.97. The lowest BCUT2D eigenvalue weighted by Gasteiger charge is -2.44. The Morgan fingerprint density at radius 1 is 0.919 bits per heavy atom. The average Bonchev–Trinajstić information content (AvgIpc) is 2.79. The van der Waals surface area contributed by atoms with Crippen LogP contribution in [0.15, 0.2) is 9.59 Å². The summed E-state index contributed by atoms with van der Waals surface area (Å²) in [6.07, 6.45) is -7.32. The largest absolute Gasteiger partial charge is 0.463 e. The van der Waals surface area contributed by atoms with Gasteiger partial charge in [0.25, 0.3) is 5.56 Å². The molecule has 0 aliphatic carbocycles. The van der Waals surface area contributed by atoms with E-state index in [0.717, 1.165) is 34.7 Å². The number of halogens is 1. The number of carbonyl (C=O) groups excluding carboxylic acids is 5. The van der Waals surface area contributed by atoms with Crippen LogP contribution >= 0.6 is 11.6 Å². The number of anilines is 1. The Bertz CT molecular complexity index is 1190. The SMILES string of the molecule is CC(=O)OC[C@@H]1O[C@@H](Nc2[nH]c(=O)n(C)c(=O)c2C(=O)CCl)[C@@H](OC(C)=O)[C@@H](OC(C)=O)[C@@H]1OC(C)=O. The zero-order valence-electron chi connectivity index (χ0n) is 20.5. The smallest absolute Gasteiger partial charge is 0.329 e. The highest BCUT2D eigenvalue weighted by atomic mass is 35.5. The second kappa shape index (κ2) is 12.5. The number of carbonyl (C=O) groups is 5. The first-order valence-electron chi connectivity index (χ1n) is 10.8. The summed E-state index contributed by atoms with van der Waals surface area (Å²) in [6.45, 7) is 3.75. The van der Waals surface area contributed by atoms with Crippen molar-refractivity contribution in [1.82, 2.24) is 9.55 Å². The molecule has 0 saturated carbocycles. The fourth-order valence-corrected chi connectivity index (χ4v) is 3.67. The van der Waals surface area contributed by atoms with Gasteiger partial charge >= 0.3 is 29.6 Å². The number of esters is 4. The molecule has 0 amide bonds. The van der Waals surface area contributed by atoms with E-state index in [2.05, 4.69) is 10.3 Å². The first-order chi connectivity index (χ1) is 17.3. The van der Waals surface area contributed by atoms with Crippen molar-refractivity contribution in [3.63, 3.8) is 0 Å². The predicted octanol–water partition coefficient (Wildman–Crippen LogP) is -1.01. The highest BCUT2D eigenvalue weighted by Gasteiger charge is 2.52. The molecule has 0 aromatic carbocycles. The second-order valence-corrected chi connectivity index (χ2v) is 8.13. The van der Waals surface area contributed by atoms with E-state index >= 15 is 0 Å². The van der Waals surface area contributed by atoms with Gasteiger partial charge < -0.3 is 29.0 Å². The molecular weight excluding hydrogens is 522 g/mol. The third kappa shape index (κ3) is 7.39. The Morgan fingerprint density at radius 2 is 1.46 bits per heavy atom. The number of rotatable bonds is 9. The van der Waals surface area contributed by atoms with Gasteiger partial charge in [-0.3, -0.25) is 38.3 Å². The summed E-state index contributed by atoms with van der Waals surface area (Å²) in [7, 11) is 1.13. The maximum absolute atomic E-state index is 12.6. The number of nitrogens with zero attached hydrogens (tertiary/aromatic N) is 1. The van der Waals surface area contributed by atoms with E-state index in [1.54, 1.807) is 0 Å². The molecule has 2 heterocycles. The lowest BCUT2D eigenvalue weighted by Crippen LogP contribution is -2.64. The van der Waals surface area contributed by atoms with Crippen LogP contribution in [0.2, 0.25) is 0 Å². The monoisotopic (exact) mass is 547 g/mol. The van der Waals surface area contributed by atoms with Crippen LogP contribution in [-0.2, 0) is 49.9 Å². The zero-order chi connectivity index (χ0) is 28.0. The zero-order valence-corrected chi connectivity index (χ0v) is 21.3. The molecule has 0 radical (unpaired) electrons. The van der Waals surface area contributed by atoms with E-state index in [0.29, 0.717) is 4.57 Å². The number of hydrogen-bond acceptors (Lipinski definition) is 13. The average molecular weight is 548 g/mol. The van der Waals surface area contributed by atoms with Crippen molar-refractivity contribution >= 4 is 47.1 Å². The van der Waals surface area contributed by atoms with Crippen LogP contribution in [0.4, 0.5) is 5.82 Å². The maximum Gasteiger partial charge on any atom is 0.329 e. The number of aromatic amines is 1. The predicted molar refractivity (Wildman–Crippen MR) is 123 cm³/mol. The molecule has 0 bridgehead atoms. The Balaban J connectivity index is 2.67. The topological polar surface area (TPSA) is 198 Å². The molecule has 2 rings (SSSR count). The van der Waals surface area contributed by atoms with Gasteiger partial charge in [0.2, 0.25) is 0 Å². The molecule has 0 spiro atoms. The molecule has 1 aliphatic heterocycles. The second-order valence-electron chi connectivity index (χ2n) is 7.87. The van der Waals surface area contributed by atoms with Gasteiger partial charge in [0.15, 0.2) is 30.3 Å². The molecule has 2 N–H and O–H groups in total. The molecule has 16 heteroatoms. The van der Waals surface area contributed by atoms with E-state index in [9.17, 15) is 33.6 Å². The van der Waals surface area contributed by atoms with Crippen molar-refractivity contribution in [2.45, 2.75) is 58.3 Å². The van der Waals surface area contributed by atoms with Gasteiger partial charge in [0.1, 0.15) is 24.1 Å². The summed E-state index contributed by atoms with van der Waals surface area (Å²) in [6, 6.07) is 0. The number of Topliss-reactive ketones (excluding diaryl/α,β-unsaturated/α-hetero) is 1. The quantitative estimate of drug-likeness (QED) is 0.165. The molecular formula is C21H26ClN3O12. The highest BCUT2D eigenvalue weighted by molar-refractivity contribution is 6.31. The van der Waals surface area contributed by atoms with E-state index in [4.69, 9.17) is 35.3 Å². The molecule has 204 valence electrons. The van der Waals surface area contributed by atoms with Gasteiger partial charge in [-0.25, -0.2) is 4.79 Å². The molecule has 15 nitrogen and oxygen atoms in total. The summed E-state index contributed by atoms with van der Waals surface area (Å²) in [4.78, 5) is 86.7. The lowest BCUT2D eigenvalue weighted by molar-refractivity contribution is -0.247. The molecule has 37 heavy (non-hydrogen) atoms. The first-order valence-corrected chi connectivity index (χ1v) is 11.3. The Labute approximate surface area is 214 Å². The van der Waals surface area contributed by atoms with Gasteiger partial charge in [0, 0.05) is 34.7 Å². The fraction of sp³-hybridized carbons (Fsp3) is 0.571. The maximum atomic E-state index is 12.6. The number of aromatic nitrogens is 2.